The van der Waals surface area contributed by atoms with Gasteiger partial charge in [0.25, 0.3) is 0 Å². The summed E-state index contributed by atoms with van der Waals surface area (Å²) in [6.45, 7) is 1.71. The van der Waals surface area contributed by atoms with E-state index in [9.17, 15) is 4.79 Å². The zero-order chi connectivity index (χ0) is 6.57. The number of hydrogen-bond donors (Lipinski definition) is 1. The zero-order valence-electron chi connectivity index (χ0n) is 5.18. The molecule has 0 fully saturated rings. The summed E-state index contributed by atoms with van der Waals surface area (Å²) in [6.07, 6.45) is 1.89. The maximum Gasteiger partial charge on any atom is 0.159 e. The van der Waals surface area contributed by atoms with Gasteiger partial charge in [-0.15, -0.1) is 0 Å². The number of nitrogens with two attached hydrogens (primary N) is 1. The maximum absolute atomic E-state index is 10.6. The summed E-state index contributed by atoms with van der Waals surface area (Å²) in [5.74, 6) is 0.662. The van der Waals surface area contributed by atoms with Crippen LogP contribution in [-0.4, -0.2) is 23.8 Å². The lowest BCUT2D eigenvalue weighted by Crippen LogP contribution is -2.27. The van der Waals surface area contributed by atoms with Gasteiger partial charge in [-0.05, 0) is 13.2 Å². The van der Waals surface area contributed by atoms with Gasteiger partial charge in [0.15, 0.2) is 5.78 Å². The third kappa shape index (κ3) is 3.04. The largest absolute Gasteiger partial charge is 0.322 e. The summed E-state index contributed by atoms with van der Waals surface area (Å²) < 4.78 is 0. The summed E-state index contributed by atoms with van der Waals surface area (Å²) in [5.41, 5.74) is 5.26. The Morgan fingerprint density at radius 2 is 2.38 bits per heavy atom. The minimum atomic E-state index is -0.289. The lowest BCUT2D eigenvalue weighted by Gasteiger charge is -1.99. The SMILES string of the molecule is CSCC(=O)C(C)N. The molecule has 0 heterocycles. The smallest absolute Gasteiger partial charge is 0.159 e. The fourth-order valence-corrected chi connectivity index (χ4v) is 0.821. The van der Waals surface area contributed by atoms with Crippen LogP contribution in [-0.2, 0) is 4.79 Å². The molecule has 0 aromatic carbocycles. The Kier molecular flexibility index (Phi) is 3.91. The third-order valence-electron chi connectivity index (χ3n) is 0.794. The van der Waals surface area contributed by atoms with Gasteiger partial charge in [0.05, 0.1) is 11.8 Å². The summed E-state index contributed by atoms with van der Waals surface area (Å²) in [5, 5.41) is 0. The first-order valence-corrected chi connectivity index (χ1v) is 3.85. The van der Waals surface area contributed by atoms with Crippen LogP contribution < -0.4 is 5.73 Å². The first-order chi connectivity index (χ1) is 3.68. The molecule has 0 rings (SSSR count). The molecule has 0 bridgehead atoms. The van der Waals surface area contributed by atoms with Gasteiger partial charge >= 0.3 is 0 Å². The number of ketones is 1. The van der Waals surface area contributed by atoms with Crippen LogP contribution in [0.3, 0.4) is 0 Å². The second kappa shape index (κ2) is 3.92. The topological polar surface area (TPSA) is 43.1 Å². The van der Waals surface area contributed by atoms with Crippen LogP contribution in [0.25, 0.3) is 0 Å². The summed E-state index contributed by atoms with van der Waals surface area (Å²) in [6, 6.07) is -0.289. The zero-order valence-corrected chi connectivity index (χ0v) is 5.99. The van der Waals surface area contributed by atoms with Gasteiger partial charge in [-0.2, -0.15) is 11.8 Å². The summed E-state index contributed by atoms with van der Waals surface area (Å²) >= 11 is 1.51. The molecular formula is C5H11NOS. The number of carbonyl (C=O) groups is 1. The molecule has 48 valence electrons. The van der Waals surface area contributed by atoms with Crippen LogP contribution in [0.4, 0.5) is 0 Å². The molecule has 0 spiro atoms. The Morgan fingerprint density at radius 1 is 1.88 bits per heavy atom. The van der Waals surface area contributed by atoms with Gasteiger partial charge < -0.3 is 5.73 Å². The molecule has 8 heavy (non-hydrogen) atoms. The maximum atomic E-state index is 10.6. The van der Waals surface area contributed by atoms with E-state index in [2.05, 4.69) is 0 Å². The molecule has 0 radical (unpaired) electrons. The van der Waals surface area contributed by atoms with Gasteiger partial charge in [0.1, 0.15) is 0 Å². The number of hydrogen-bond acceptors (Lipinski definition) is 3. The van der Waals surface area contributed by atoms with Gasteiger partial charge in [-0.3, -0.25) is 4.79 Å². The molecular weight excluding hydrogens is 122 g/mol. The fraction of sp³-hybridized carbons (Fsp3) is 0.800. The van der Waals surface area contributed by atoms with Crippen LogP contribution in [0, 0.1) is 0 Å². The Morgan fingerprint density at radius 3 is 2.50 bits per heavy atom. The lowest BCUT2D eigenvalue weighted by molar-refractivity contribution is -0.117. The Balaban J connectivity index is 3.33. The molecule has 3 heteroatoms. The number of Topliss-reactive ketones (excluding diaryl/α,β-unsaturated/α-hetero) is 1. The van der Waals surface area contributed by atoms with E-state index in [-0.39, 0.29) is 11.8 Å². The van der Waals surface area contributed by atoms with Crippen LogP contribution in [0.5, 0.6) is 0 Å². The minimum absolute atomic E-state index is 0.123. The molecule has 2 nitrogen and oxygen atoms in total. The van der Waals surface area contributed by atoms with Crippen molar-refractivity contribution >= 4 is 17.5 Å². The van der Waals surface area contributed by atoms with Gasteiger partial charge in [-0.1, -0.05) is 0 Å². The second-order valence-electron chi connectivity index (χ2n) is 1.69. The highest BCUT2D eigenvalue weighted by molar-refractivity contribution is 7.99. The van der Waals surface area contributed by atoms with Crippen LogP contribution >= 0.6 is 11.8 Å². The molecule has 0 saturated carbocycles. The molecule has 1 atom stereocenters. The normalized spacial score (nSPS) is 13.4. The van der Waals surface area contributed by atoms with Crippen LogP contribution in [0.1, 0.15) is 6.92 Å². The Hall–Kier alpha value is -0.0200. The predicted molar refractivity (Wildman–Crippen MR) is 37.0 cm³/mol. The molecule has 0 aromatic rings. The summed E-state index contributed by atoms with van der Waals surface area (Å²) in [7, 11) is 0. The molecule has 0 saturated heterocycles. The van der Waals surface area contributed by atoms with E-state index in [4.69, 9.17) is 5.73 Å². The van der Waals surface area contributed by atoms with Crippen molar-refractivity contribution in [3.63, 3.8) is 0 Å². The Bertz CT molecular complexity index is 82.5. The van der Waals surface area contributed by atoms with Crippen molar-refractivity contribution in [1.82, 2.24) is 0 Å². The molecule has 0 aliphatic heterocycles. The van der Waals surface area contributed by atoms with Crippen molar-refractivity contribution in [2.75, 3.05) is 12.0 Å². The predicted octanol–water partition coefficient (Wildman–Crippen LogP) is 0.266. The van der Waals surface area contributed by atoms with E-state index < -0.39 is 0 Å². The van der Waals surface area contributed by atoms with E-state index in [1.165, 1.54) is 11.8 Å². The monoisotopic (exact) mass is 133 g/mol. The molecule has 1 unspecified atom stereocenters. The third-order valence-corrected chi connectivity index (χ3v) is 1.37. The van der Waals surface area contributed by atoms with Crippen molar-refractivity contribution in [1.29, 1.82) is 0 Å². The standard InChI is InChI=1S/C5H11NOS/c1-4(6)5(7)3-8-2/h4H,3,6H2,1-2H3. The average molecular weight is 133 g/mol. The van der Waals surface area contributed by atoms with E-state index in [1.54, 1.807) is 6.92 Å². The number of carbonyl (C=O) groups excluding carboxylic acids is 1. The van der Waals surface area contributed by atoms with E-state index >= 15 is 0 Å². The van der Waals surface area contributed by atoms with Gasteiger partial charge in [0.2, 0.25) is 0 Å². The second-order valence-corrected chi connectivity index (χ2v) is 2.55. The van der Waals surface area contributed by atoms with E-state index in [1.807, 2.05) is 6.26 Å². The fourth-order valence-electron chi connectivity index (χ4n) is 0.274. The van der Waals surface area contributed by atoms with Crippen LogP contribution in [0.15, 0.2) is 0 Å². The first-order valence-electron chi connectivity index (χ1n) is 2.45. The lowest BCUT2D eigenvalue weighted by atomic mass is 10.3. The summed E-state index contributed by atoms with van der Waals surface area (Å²) in [4.78, 5) is 10.6. The molecule has 0 aromatic heterocycles. The Labute approximate surface area is 53.8 Å². The van der Waals surface area contributed by atoms with Crippen molar-refractivity contribution < 1.29 is 4.79 Å². The van der Waals surface area contributed by atoms with E-state index in [0.29, 0.717) is 5.75 Å². The van der Waals surface area contributed by atoms with Crippen molar-refractivity contribution in [3.05, 3.63) is 0 Å². The van der Waals surface area contributed by atoms with Gasteiger partial charge in [0, 0.05) is 0 Å². The molecule has 0 aliphatic carbocycles. The van der Waals surface area contributed by atoms with Crippen molar-refractivity contribution in [2.24, 2.45) is 5.73 Å². The van der Waals surface area contributed by atoms with E-state index in [0.717, 1.165) is 0 Å². The van der Waals surface area contributed by atoms with Crippen molar-refractivity contribution in [3.8, 4) is 0 Å². The highest BCUT2D eigenvalue weighted by Gasteiger charge is 2.04. The first kappa shape index (κ1) is 7.98. The number of rotatable bonds is 3. The van der Waals surface area contributed by atoms with Crippen LogP contribution in [0.2, 0.25) is 0 Å². The molecule has 0 aliphatic rings. The minimum Gasteiger partial charge on any atom is -0.322 e. The molecule has 2 N–H and O–H groups in total. The van der Waals surface area contributed by atoms with Crippen molar-refractivity contribution in [2.45, 2.75) is 13.0 Å². The molecule has 0 amide bonds. The highest BCUT2D eigenvalue weighted by Crippen LogP contribution is 1.92. The highest BCUT2D eigenvalue weighted by atomic mass is 32.2. The number of thioether (sulfide) groups is 1. The quantitative estimate of drug-likeness (QED) is 0.600. The van der Waals surface area contributed by atoms with Gasteiger partial charge in [-0.25, -0.2) is 0 Å². The average Bonchev–Trinajstić information content (AvgIpc) is 1.67.